The second kappa shape index (κ2) is 10.4. The lowest BCUT2D eigenvalue weighted by Crippen LogP contribution is -2.52. The normalized spacial score (nSPS) is 19.1. The Morgan fingerprint density at radius 2 is 1.73 bits per heavy atom. The number of benzene rings is 2. The third kappa shape index (κ3) is 5.37. The highest BCUT2D eigenvalue weighted by Gasteiger charge is 2.38. The van der Waals surface area contributed by atoms with E-state index in [4.69, 9.17) is 11.6 Å². The van der Waals surface area contributed by atoms with Gasteiger partial charge in [0.2, 0.25) is 17.7 Å². The number of para-hydroxylation sites is 2. The fourth-order valence-corrected chi connectivity index (χ4v) is 4.74. The third-order valence-electron chi connectivity index (χ3n) is 6.34. The van der Waals surface area contributed by atoms with Crippen LogP contribution in [-0.4, -0.2) is 66.8 Å². The van der Waals surface area contributed by atoms with Crippen molar-refractivity contribution in [1.82, 2.24) is 9.80 Å². The SMILES string of the molecule is CCc1ccccc1NC(=O)CN1CCN(C(=O)[C@@H]2CC(=O)N(c3ccccc3Cl)C2)CC1. The van der Waals surface area contributed by atoms with Crippen LogP contribution in [0.25, 0.3) is 0 Å². The molecule has 174 valence electrons. The zero-order chi connectivity index (χ0) is 23.4. The van der Waals surface area contributed by atoms with E-state index in [1.165, 1.54) is 0 Å². The van der Waals surface area contributed by atoms with Crippen molar-refractivity contribution in [3.8, 4) is 0 Å². The number of nitrogens with one attached hydrogen (secondary N) is 1. The Morgan fingerprint density at radius 3 is 2.45 bits per heavy atom. The van der Waals surface area contributed by atoms with Gasteiger partial charge in [-0.05, 0) is 30.2 Å². The van der Waals surface area contributed by atoms with E-state index in [2.05, 4.69) is 17.1 Å². The Labute approximate surface area is 199 Å². The smallest absolute Gasteiger partial charge is 0.238 e. The number of hydrogen-bond donors (Lipinski definition) is 1. The summed E-state index contributed by atoms with van der Waals surface area (Å²) >= 11 is 6.24. The molecule has 0 aliphatic carbocycles. The van der Waals surface area contributed by atoms with Crippen LogP contribution in [0.1, 0.15) is 18.9 Å². The van der Waals surface area contributed by atoms with Crippen LogP contribution < -0.4 is 10.2 Å². The molecule has 2 aliphatic heterocycles. The number of carbonyl (C=O) groups is 3. The summed E-state index contributed by atoms with van der Waals surface area (Å²) in [6, 6.07) is 15.0. The maximum Gasteiger partial charge on any atom is 0.238 e. The Kier molecular flexibility index (Phi) is 7.30. The summed E-state index contributed by atoms with van der Waals surface area (Å²) in [7, 11) is 0. The van der Waals surface area contributed by atoms with E-state index >= 15 is 0 Å². The Morgan fingerprint density at radius 1 is 1.03 bits per heavy atom. The molecule has 2 fully saturated rings. The molecule has 7 nitrogen and oxygen atoms in total. The van der Waals surface area contributed by atoms with Crippen molar-refractivity contribution in [2.24, 2.45) is 5.92 Å². The van der Waals surface area contributed by atoms with Crippen LogP contribution >= 0.6 is 11.6 Å². The molecule has 0 saturated carbocycles. The van der Waals surface area contributed by atoms with E-state index in [0.717, 1.165) is 17.7 Å². The van der Waals surface area contributed by atoms with Gasteiger partial charge in [0.15, 0.2) is 0 Å². The Bertz CT molecular complexity index is 1040. The van der Waals surface area contributed by atoms with E-state index < -0.39 is 0 Å². The molecular weight excluding hydrogens is 440 g/mol. The quantitative estimate of drug-likeness (QED) is 0.707. The lowest BCUT2D eigenvalue weighted by molar-refractivity contribution is -0.137. The third-order valence-corrected chi connectivity index (χ3v) is 6.66. The molecule has 33 heavy (non-hydrogen) atoms. The zero-order valence-electron chi connectivity index (χ0n) is 18.8. The van der Waals surface area contributed by atoms with Crippen LogP contribution in [0.5, 0.6) is 0 Å². The molecule has 2 aromatic carbocycles. The number of piperazine rings is 1. The summed E-state index contributed by atoms with van der Waals surface area (Å²) < 4.78 is 0. The second-order valence-corrected chi connectivity index (χ2v) is 8.92. The maximum atomic E-state index is 13.1. The van der Waals surface area contributed by atoms with Crippen LogP contribution in [0.15, 0.2) is 48.5 Å². The highest BCUT2D eigenvalue weighted by Crippen LogP contribution is 2.31. The lowest BCUT2D eigenvalue weighted by atomic mass is 10.1. The fraction of sp³-hybridized carbons (Fsp3) is 0.400. The predicted molar refractivity (Wildman–Crippen MR) is 129 cm³/mol. The average molecular weight is 469 g/mol. The molecule has 3 amide bonds. The van der Waals surface area contributed by atoms with E-state index in [0.29, 0.717) is 50.0 Å². The van der Waals surface area contributed by atoms with Crippen LogP contribution in [0.3, 0.4) is 0 Å². The minimum absolute atomic E-state index is 0.00104. The zero-order valence-corrected chi connectivity index (χ0v) is 19.6. The largest absolute Gasteiger partial charge is 0.340 e. The predicted octanol–water partition coefficient (Wildman–Crippen LogP) is 3.04. The van der Waals surface area contributed by atoms with Gasteiger partial charge in [0.05, 0.1) is 23.2 Å². The van der Waals surface area contributed by atoms with Crippen molar-refractivity contribution in [3.63, 3.8) is 0 Å². The number of halogens is 1. The maximum absolute atomic E-state index is 13.1. The highest BCUT2D eigenvalue weighted by molar-refractivity contribution is 6.33. The van der Waals surface area contributed by atoms with Crippen LogP contribution in [-0.2, 0) is 20.8 Å². The summed E-state index contributed by atoms with van der Waals surface area (Å²) in [4.78, 5) is 43.6. The number of nitrogens with zero attached hydrogens (tertiary/aromatic N) is 3. The topological polar surface area (TPSA) is 73.0 Å². The second-order valence-electron chi connectivity index (χ2n) is 8.52. The molecule has 1 N–H and O–H groups in total. The monoisotopic (exact) mass is 468 g/mol. The fourth-order valence-electron chi connectivity index (χ4n) is 4.50. The van der Waals surface area contributed by atoms with Gasteiger partial charge in [0, 0.05) is 44.8 Å². The van der Waals surface area contributed by atoms with Crippen molar-refractivity contribution in [2.45, 2.75) is 19.8 Å². The van der Waals surface area contributed by atoms with E-state index in [1.807, 2.05) is 41.3 Å². The van der Waals surface area contributed by atoms with Gasteiger partial charge in [-0.1, -0.05) is 48.9 Å². The van der Waals surface area contributed by atoms with E-state index in [-0.39, 0.29) is 30.1 Å². The van der Waals surface area contributed by atoms with Crippen molar-refractivity contribution >= 4 is 40.7 Å². The molecule has 2 saturated heterocycles. The molecule has 2 aromatic rings. The molecule has 8 heteroatoms. The van der Waals surface area contributed by atoms with Crippen molar-refractivity contribution in [2.75, 3.05) is 49.5 Å². The number of rotatable bonds is 6. The molecule has 0 aromatic heterocycles. The van der Waals surface area contributed by atoms with E-state index in [1.54, 1.807) is 17.0 Å². The first-order chi connectivity index (χ1) is 16.0. The van der Waals surface area contributed by atoms with Gasteiger partial charge in [0.1, 0.15) is 0 Å². The van der Waals surface area contributed by atoms with Crippen LogP contribution in [0, 0.1) is 5.92 Å². The Balaban J connectivity index is 1.27. The molecule has 0 spiro atoms. The van der Waals surface area contributed by atoms with Gasteiger partial charge in [-0.25, -0.2) is 0 Å². The summed E-state index contributed by atoms with van der Waals surface area (Å²) in [6.07, 6.45) is 1.05. The van der Waals surface area contributed by atoms with Crippen LogP contribution in [0.4, 0.5) is 11.4 Å². The first-order valence-electron chi connectivity index (χ1n) is 11.4. The molecule has 1 atom stereocenters. The number of amides is 3. The Hall–Kier alpha value is -2.90. The van der Waals surface area contributed by atoms with Gasteiger partial charge >= 0.3 is 0 Å². The van der Waals surface area contributed by atoms with Crippen molar-refractivity contribution < 1.29 is 14.4 Å². The summed E-state index contributed by atoms with van der Waals surface area (Å²) in [6.45, 7) is 5.06. The minimum atomic E-state index is -0.367. The number of anilines is 2. The number of hydrogen-bond acceptors (Lipinski definition) is 4. The molecule has 4 rings (SSSR count). The first-order valence-corrected chi connectivity index (χ1v) is 11.8. The molecule has 0 bridgehead atoms. The molecule has 0 radical (unpaired) electrons. The van der Waals surface area contributed by atoms with Gasteiger partial charge in [-0.15, -0.1) is 0 Å². The van der Waals surface area contributed by atoms with Gasteiger partial charge < -0.3 is 15.1 Å². The molecule has 2 aliphatic rings. The number of aryl methyl sites for hydroxylation is 1. The average Bonchev–Trinajstić information content (AvgIpc) is 3.21. The van der Waals surface area contributed by atoms with Gasteiger partial charge in [-0.3, -0.25) is 19.3 Å². The first kappa shape index (κ1) is 23.3. The summed E-state index contributed by atoms with van der Waals surface area (Å²) in [5.74, 6) is -0.496. The van der Waals surface area contributed by atoms with Crippen molar-refractivity contribution in [3.05, 3.63) is 59.1 Å². The standard InChI is InChI=1S/C25H29ClN4O3/c1-2-18-7-3-5-9-21(18)27-23(31)17-28-11-13-29(14-12-28)25(33)19-15-24(32)30(16-19)22-10-6-4-8-20(22)26/h3-10,19H,2,11-17H2,1H3,(H,27,31)/t19-/m1/s1. The molecular formula is C25H29ClN4O3. The minimum Gasteiger partial charge on any atom is -0.340 e. The summed E-state index contributed by atoms with van der Waals surface area (Å²) in [5.41, 5.74) is 2.62. The molecule has 2 heterocycles. The van der Waals surface area contributed by atoms with E-state index in [9.17, 15) is 14.4 Å². The highest BCUT2D eigenvalue weighted by atomic mass is 35.5. The molecule has 0 unspecified atom stereocenters. The van der Waals surface area contributed by atoms with Gasteiger partial charge in [-0.2, -0.15) is 0 Å². The lowest BCUT2D eigenvalue weighted by Gasteiger charge is -2.35. The van der Waals surface area contributed by atoms with Gasteiger partial charge in [0.25, 0.3) is 0 Å². The van der Waals surface area contributed by atoms with Crippen molar-refractivity contribution in [1.29, 1.82) is 0 Å². The van der Waals surface area contributed by atoms with Crippen LogP contribution in [0.2, 0.25) is 5.02 Å². The number of carbonyl (C=O) groups excluding carboxylic acids is 3. The summed E-state index contributed by atoms with van der Waals surface area (Å²) in [5, 5.41) is 3.51.